The summed E-state index contributed by atoms with van der Waals surface area (Å²) in [4.78, 5) is 13.1. The minimum Gasteiger partial charge on any atom is -0.486 e. The van der Waals surface area contributed by atoms with Gasteiger partial charge in [-0.3, -0.25) is 0 Å². The number of nitrogens with zero attached hydrogens (tertiary/aromatic N) is 3. The number of aryl methyl sites for hydroxylation is 6. The van der Waals surface area contributed by atoms with Crippen molar-refractivity contribution in [2.75, 3.05) is 0 Å². The molecule has 0 bridgehead atoms. The van der Waals surface area contributed by atoms with Gasteiger partial charge in [-0.25, -0.2) is 4.98 Å². The Hall–Kier alpha value is -4.44. The van der Waals surface area contributed by atoms with E-state index in [1.165, 1.54) is 22.8 Å². The molecule has 251 valence electrons. The number of pyridine rings is 3. The van der Waals surface area contributed by atoms with Crippen LogP contribution in [0.5, 0.6) is 0 Å². The van der Waals surface area contributed by atoms with E-state index >= 15 is 0 Å². The summed E-state index contributed by atoms with van der Waals surface area (Å²) in [6.45, 7) is 9.45. The van der Waals surface area contributed by atoms with Gasteiger partial charge in [0, 0.05) is 53.2 Å². The molecule has 0 saturated carbocycles. The van der Waals surface area contributed by atoms with E-state index in [0.717, 1.165) is 22.2 Å². The van der Waals surface area contributed by atoms with Gasteiger partial charge in [0.25, 0.3) is 0 Å². The van der Waals surface area contributed by atoms with E-state index in [0.29, 0.717) is 33.4 Å². The third-order valence-electron chi connectivity index (χ3n) is 7.90. The average Bonchev–Trinajstić information content (AvgIpc) is 3.51. The normalized spacial score (nSPS) is 14.2. The molecular weight excluding hydrogens is 779 g/mol. The summed E-state index contributed by atoms with van der Waals surface area (Å²) in [5.74, 6) is 0. The molecule has 0 unspecified atom stereocenters. The maximum atomic E-state index is 8.84. The fraction of sp³-hybridized carbons (Fsp3) is 0.250. The van der Waals surface area contributed by atoms with E-state index in [1.54, 1.807) is 54.7 Å². The van der Waals surface area contributed by atoms with Crippen LogP contribution in [0.2, 0.25) is 0 Å². The number of hydrogen-bond donors (Lipinski definition) is 0. The summed E-state index contributed by atoms with van der Waals surface area (Å²) in [5, 5.41) is 1.41. The number of benzene rings is 3. The van der Waals surface area contributed by atoms with Crippen LogP contribution in [0, 0.1) is 45.2 Å². The zero-order valence-corrected chi connectivity index (χ0v) is 30.9. The summed E-state index contributed by atoms with van der Waals surface area (Å²) >= 11 is 0. The molecule has 7 rings (SSSR count). The van der Waals surface area contributed by atoms with Crippen LogP contribution >= 0.6 is 0 Å². The monoisotopic (exact) mass is 829 g/mol. The van der Waals surface area contributed by atoms with Crippen molar-refractivity contribution in [1.29, 1.82) is 0 Å². The summed E-state index contributed by atoms with van der Waals surface area (Å²) < 4.78 is 63.6. The second kappa shape index (κ2) is 15.4. The second-order valence-corrected chi connectivity index (χ2v) is 13.0. The van der Waals surface area contributed by atoms with Crippen LogP contribution in [-0.2, 0) is 39.3 Å². The molecule has 1 radical (unpaired) electrons. The Labute approximate surface area is 314 Å². The van der Waals surface area contributed by atoms with Gasteiger partial charge < -0.3 is 14.4 Å². The van der Waals surface area contributed by atoms with E-state index in [4.69, 9.17) is 14.0 Å². The van der Waals surface area contributed by atoms with Crippen LogP contribution in [0.25, 0.3) is 44.6 Å². The molecule has 0 N–H and O–H groups in total. The van der Waals surface area contributed by atoms with Crippen LogP contribution in [0.3, 0.4) is 0 Å². The Bertz CT molecular complexity index is 2470. The van der Waals surface area contributed by atoms with Crippen molar-refractivity contribution in [3.8, 4) is 22.5 Å². The van der Waals surface area contributed by atoms with Crippen molar-refractivity contribution >= 4 is 22.1 Å². The summed E-state index contributed by atoms with van der Waals surface area (Å²) in [6, 6.07) is 31.7. The van der Waals surface area contributed by atoms with E-state index in [9.17, 15) is 0 Å². The standard InChI is InChI=1S/C30H29N2O.C14H14N.Ir/c1-20-8-15-25-24-6-5-7-26(28(24)33-29(25)32-20)27-18-22(16-17-31-27)12-9-21-10-13-23(14-11-21)19-30(2,3)4;1-10-4-6-13(7-5-10)14-8-11(2)12(3)9-15-14;/h5-6,8,10-11,13-18H,9,12,19H2,1-4H3;4-6,8-9H,1-3H3;/q2*-1;/i1D3,12D2,19D2;;. The molecule has 3 aromatic carbocycles. The van der Waals surface area contributed by atoms with Crippen LogP contribution < -0.4 is 0 Å². The van der Waals surface area contributed by atoms with Crippen LogP contribution in [0.1, 0.15) is 69.4 Å². The molecule has 0 aliphatic heterocycles. The second-order valence-electron chi connectivity index (χ2n) is 13.0. The number of fused-ring (bicyclic) bond motifs is 3. The predicted molar refractivity (Wildman–Crippen MR) is 198 cm³/mol. The summed E-state index contributed by atoms with van der Waals surface area (Å²) in [7, 11) is 0. The third kappa shape index (κ3) is 8.97. The summed E-state index contributed by atoms with van der Waals surface area (Å²) in [6.07, 6.45) is 0.292. The molecule has 4 heterocycles. The smallest absolute Gasteiger partial charge is 0.216 e. The van der Waals surface area contributed by atoms with Gasteiger partial charge in [0.15, 0.2) is 0 Å². The van der Waals surface area contributed by atoms with E-state index in [1.807, 2.05) is 39.1 Å². The molecule has 4 nitrogen and oxygen atoms in total. The fourth-order valence-corrected chi connectivity index (χ4v) is 5.27. The van der Waals surface area contributed by atoms with E-state index in [2.05, 4.69) is 66.1 Å². The molecular formula is C44H43IrN3O-2. The molecule has 0 amide bonds. The quantitative estimate of drug-likeness (QED) is 0.157. The topological polar surface area (TPSA) is 51.8 Å². The largest absolute Gasteiger partial charge is 0.486 e. The molecule has 0 saturated heterocycles. The Morgan fingerprint density at radius 3 is 2.31 bits per heavy atom. The average molecular weight is 829 g/mol. The Morgan fingerprint density at radius 1 is 0.796 bits per heavy atom. The molecule has 0 aliphatic rings. The number of aromatic nitrogens is 3. The van der Waals surface area contributed by atoms with Gasteiger partial charge in [0.2, 0.25) is 5.71 Å². The van der Waals surface area contributed by atoms with Gasteiger partial charge >= 0.3 is 0 Å². The fourth-order valence-electron chi connectivity index (χ4n) is 5.27. The van der Waals surface area contributed by atoms with Gasteiger partial charge in [0.1, 0.15) is 0 Å². The Kier molecular flexibility index (Phi) is 8.61. The molecule has 49 heavy (non-hydrogen) atoms. The first kappa shape index (κ1) is 27.4. The number of rotatable bonds is 6. The molecule has 0 aliphatic carbocycles. The molecule has 0 atom stereocenters. The zero-order valence-electron chi connectivity index (χ0n) is 35.5. The van der Waals surface area contributed by atoms with Crippen LogP contribution in [-0.4, -0.2) is 15.0 Å². The predicted octanol–water partition coefficient (Wildman–Crippen LogP) is 11.0. The summed E-state index contributed by atoms with van der Waals surface area (Å²) in [5.41, 5.74) is 8.53. The SMILES string of the molecule is Cc1c[c-]c(-c2cc(C)c(C)cn2)cc1.[2H]C([2H])([2H])c1ccc2c(n1)oc1c(-c3cc(C([2H])([2H])Cc4ccc(C([2H])([2H])C(C)(C)C)cc4)ccn3)[c-]ccc12.[Ir]. The van der Waals surface area contributed by atoms with Crippen molar-refractivity contribution in [3.63, 3.8) is 0 Å². The van der Waals surface area contributed by atoms with Crippen LogP contribution in [0.15, 0.2) is 102 Å². The van der Waals surface area contributed by atoms with Crippen molar-refractivity contribution < 1.29 is 34.1 Å². The first-order chi connectivity index (χ1) is 25.7. The first-order valence-corrected chi connectivity index (χ1v) is 16.0. The number of furan rings is 1. The van der Waals surface area contributed by atoms with Gasteiger partial charge in [-0.2, -0.15) is 0 Å². The van der Waals surface area contributed by atoms with Gasteiger partial charge in [-0.05, 0) is 91.6 Å². The minimum absolute atomic E-state index is 0. The van der Waals surface area contributed by atoms with Crippen molar-refractivity contribution in [3.05, 3.63) is 149 Å². The number of hydrogen-bond acceptors (Lipinski definition) is 4. The minimum atomic E-state index is -2.36. The third-order valence-corrected chi connectivity index (χ3v) is 7.90. The van der Waals surface area contributed by atoms with Gasteiger partial charge in [0.05, 0.1) is 5.58 Å². The molecule has 7 aromatic rings. The van der Waals surface area contributed by atoms with Crippen molar-refractivity contribution in [2.24, 2.45) is 5.41 Å². The molecule has 4 aromatic heterocycles. The van der Waals surface area contributed by atoms with E-state index < -0.39 is 25.0 Å². The van der Waals surface area contributed by atoms with Crippen LogP contribution in [0.4, 0.5) is 0 Å². The Morgan fingerprint density at radius 2 is 1.59 bits per heavy atom. The van der Waals surface area contributed by atoms with E-state index in [-0.39, 0.29) is 37.9 Å². The van der Waals surface area contributed by atoms with Gasteiger partial charge in [-0.15, -0.1) is 53.6 Å². The Balaban J connectivity index is 0.000000314. The maximum absolute atomic E-state index is 8.84. The van der Waals surface area contributed by atoms with Gasteiger partial charge in [-0.1, -0.05) is 86.2 Å². The van der Waals surface area contributed by atoms with Crippen molar-refractivity contribution in [2.45, 2.75) is 67.6 Å². The zero-order chi connectivity index (χ0) is 39.9. The maximum Gasteiger partial charge on any atom is 0.216 e. The molecule has 0 spiro atoms. The molecule has 5 heteroatoms. The molecule has 0 fully saturated rings. The first-order valence-electron chi connectivity index (χ1n) is 19.5. The van der Waals surface area contributed by atoms with Crippen molar-refractivity contribution in [1.82, 2.24) is 15.0 Å².